The summed E-state index contributed by atoms with van der Waals surface area (Å²) in [7, 11) is 0. The molecule has 0 aliphatic rings. The Kier molecular flexibility index (Phi) is 4.70. The normalized spacial score (nSPS) is 16.0. The highest BCUT2D eigenvalue weighted by Gasteiger charge is 2.05. The van der Waals surface area contributed by atoms with Gasteiger partial charge >= 0.3 is 0 Å². The third kappa shape index (κ3) is 3.32. The van der Waals surface area contributed by atoms with Crippen LogP contribution in [0.4, 0.5) is 0 Å². The zero-order valence-electron chi connectivity index (χ0n) is 6.76. The Balaban J connectivity index is 3.89. The van der Waals surface area contributed by atoms with Gasteiger partial charge in [0.05, 0.1) is 0 Å². The van der Waals surface area contributed by atoms with E-state index in [1.807, 2.05) is 26.0 Å². The molecule has 10 heavy (non-hydrogen) atoms. The van der Waals surface area contributed by atoms with Crippen LogP contribution in [-0.2, 0) is 0 Å². The fraction of sp³-hybridized carbons (Fsp3) is 0.556. The molecular weight excluding hydrogens is 124 g/mol. The molecule has 1 heteroatoms. The van der Waals surface area contributed by atoms with Gasteiger partial charge in [-0.25, -0.2) is 0 Å². The van der Waals surface area contributed by atoms with E-state index < -0.39 is 6.10 Å². The van der Waals surface area contributed by atoms with Crippen molar-refractivity contribution >= 4 is 0 Å². The van der Waals surface area contributed by atoms with Crippen LogP contribution in [0, 0.1) is 17.8 Å². The lowest BCUT2D eigenvalue weighted by atomic mass is 10.1. The Labute approximate surface area is 62.8 Å². The summed E-state index contributed by atoms with van der Waals surface area (Å²) in [6.07, 6.45) is 3.35. The fourth-order valence-electron chi connectivity index (χ4n) is 0.688. The first-order chi connectivity index (χ1) is 4.72. The molecule has 56 valence electrons. The van der Waals surface area contributed by atoms with Gasteiger partial charge in [0.2, 0.25) is 0 Å². The maximum atomic E-state index is 9.22. The summed E-state index contributed by atoms with van der Waals surface area (Å²) in [4.78, 5) is 0. The van der Waals surface area contributed by atoms with Gasteiger partial charge < -0.3 is 5.11 Å². The van der Waals surface area contributed by atoms with Gasteiger partial charge in [-0.3, -0.25) is 0 Å². The fourth-order valence-corrected chi connectivity index (χ4v) is 0.688. The van der Waals surface area contributed by atoms with E-state index in [1.165, 1.54) is 0 Å². The van der Waals surface area contributed by atoms with Crippen molar-refractivity contribution in [3.8, 4) is 11.8 Å². The molecule has 0 radical (unpaired) electrons. The number of aliphatic hydroxyl groups excluding tert-OH is 1. The van der Waals surface area contributed by atoms with Crippen LogP contribution in [0.3, 0.4) is 0 Å². The van der Waals surface area contributed by atoms with E-state index in [1.54, 1.807) is 6.92 Å². The van der Waals surface area contributed by atoms with Crippen LogP contribution < -0.4 is 0 Å². The molecule has 0 spiro atoms. The third-order valence-corrected chi connectivity index (χ3v) is 1.29. The largest absolute Gasteiger partial charge is 0.380 e. The van der Waals surface area contributed by atoms with Gasteiger partial charge in [0.25, 0.3) is 0 Å². The lowest BCUT2D eigenvalue weighted by Crippen LogP contribution is -2.12. The molecule has 0 aliphatic carbocycles. The van der Waals surface area contributed by atoms with Gasteiger partial charge in [-0.15, -0.1) is 5.92 Å². The molecule has 0 aromatic rings. The Morgan fingerprint density at radius 2 is 2.10 bits per heavy atom. The van der Waals surface area contributed by atoms with E-state index in [4.69, 9.17) is 0 Å². The van der Waals surface area contributed by atoms with Gasteiger partial charge in [0, 0.05) is 5.92 Å². The van der Waals surface area contributed by atoms with Gasteiger partial charge in [-0.2, -0.15) is 0 Å². The van der Waals surface area contributed by atoms with E-state index >= 15 is 0 Å². The number of hydrogen-bond acceptors (Lipinski definition) is 1. The molecule has 0 aromatic carbocycles. The molecule has 0 saturated carbocycles. The Morgan fingerprint density at radius 3 is 2.50 bits per heavy atom. The molecule has 0 bridgehead atoms. The zero-order chi connectivity index (χ0) is 7.98. The summed E-state index contributed by atoms with van der Waals surface area (Å²) in [5.41, 5.74) is 0. The molecule has 2 atom stereocenters. The van der Waals surface area contributed by atoms with Crippen LogP contribution in [0.15, 0.2) is 12.2 Å². The minimum Gasteiger partial charge on any atom is -0.380 e. The lowest BCUT2D eigenvalue weighted by Gasteiger charge is -2.07. The maximum Gasteiger partial charge on any atom is 0.120 e. The molecule has 0 aliphatic heterocycles. The van der Waals surface area contributed by atoms with E-state index in [0.717, 1.165) is 0 Å². The van der Waals surface area contributed by atoms with E-state index in [0.29, 0.717) is 0 Å². The standard InChI is InChI=1S/C9H14O/c1-4-6-8(3)9(10)7-5-2/h4,6,8-10H,1-3H3/b6-4+/t8-,9+/m1/s1. The highest BCUT2D eigenvalue weighted by atomic mass is 16.3. The Morgan fingerprint density at radius 1 is 1.50 bits per heavy atom. The average Bonchev–Trinajstić information content (AvgIpc) is 1.89. The minimum atomic E-state index is -0.513. The molecule has 0 fully saturated rings. The third-order valence-electron chi connectivity index (χ3n) is 1.29. The zero-order valence-corrected chi connectivity index (χ0v) is 6.76. The van der Waals surface area contributed by atoms with Crippen molar-refractivity contribution in [2.75, 3.05) is 0 Å². The first-order valence-corrected chi connectivity index (χ1v) is 3.45. The van der Waals surface area contributed by atoms with Crippen LogP contribution in [0.1, 0.15) is 20.8 Å². The summed E-state index contributed by atoms with van der Waals surface area (Å²) in [5.74, 6) is 5.49. The smallest absolute Gasteiger partial charge is 0.120 e. The van der Waals surface area contributed by atoms with Crippen molar-refractivity contribution in [2.45, 2.75) is 26.9 Å². The molecule has 0 heterocycles. The van der Waals surface area contributed by atoms with Crippen LogP contribution in [0.25, 0.3) is 0 Å². The van der Waals surface area contributed by atoms with Gasteiger partial charge in [0.15, 0.2) is 0 Å². The second-order valence-electron chi connectivity index (χ2n) is 2.22. The summed E-state index contributed by atoms with van der Waals surface area (Å²) >= 11 is 0. The SMILES string of the molecule is CC#C[C@H](O)[C@H](C)/C=C/C. The van der Waals surface area contributed by atoms with Crippen molar-refractivity contribution in [1.82, 2.24) is 0 Å². The molecule has 0 unspecified atom stereocenters. The van der Waals surface area contributed by atoms with Crippen LogP contribution in [-0.4, -0.2) is 11.2 Å². The van der Waals surface area contributed by atoms with Crippen LogP contribution in [0.2, 0.25) is 0 Å². The predicted octanol–water partition coefficient (Wildman–Crippen LogP) is 1.58. The number of hydrogen-bond donors (Lipinski definition) is 1. The monoisotopic (exact) mass is 138 g/mol. The Bertz CT molecular complexity index is 159. The summed E-state index contributed by atoms with van der Waals surface area (Å²) in [6, 6.07) is 0. The number of aliphatic hydroxyl groups is 1. The van der Waals surface area contributed by atoms with Crippen molar-refractivity contribution in [3.63, 3.8) is 0 Å². The van der Waals surface area contributed by atoms with Crippen molar-refractivity contribution in [3.05, 3.63) is 12.2 Å². The molecule has 0 aromatic heterocycles. The maximum absolute atomic E-state index is 9.22. The van der Waals surface area contributed by atoms with Crippen molar-refractivity contribution in [2.24, 2.45) is 5.92 Å². The van der Waals surface area contributed by atoms with E-state index in [2.05, 4.69) is 11.8 Å². The summed E-state index contributed by atoms with van der Waals surface area (Å²) in [5, 5.41) is 9.22. The van der Waals surface area contributed by atoms with E-state index in [9.17, 15) is 5.11 Å². The van der Waals surface area contributed by atoms with Crippen LogP contribution >= 0.6 is 0 Å². The second-order valence-corrected chi connectivity index (χ2v) is 2.22. The highest BCUT2D eigenvalue weighted by molar-refractivity contribution is 5.06. The highest BCUT2D eigenvalue weighted by Crippen LogP contribution is 2.02. The first-order valence-electron chi connectivity index (χ1n) is 3.45. The van der Waals surface area contributed by atoms with Crippen LogP contribution in [0.5, 0.6) is 0 Å². The minimum absolute atomic E-state index is 0.137. The lowest BCUT2D eigenvalue weighted by molar-refractivity contribution is 0.194. The van der Waals surface area contributed by atoms with E-state index in [-0.39, 0.29) is 5.92 Å². The molecule has 1 N–H and O–H groups in total. The second kappa shape index (κ2) is 5.08. The molecule has 0 amide bonds. The first kappa shape index (κ1) is 9.26. The Hall–Kier alpha value is -0.740. The average molecular weight is 138 g/mol. The number of rotatable bonds is 2. The number of allylic oxidation sites excluding steroid dienone is 1. The quantitative estimate of drug-likeness (QED) is 0.453. The van der Waals surface area contributed by atoms with Gasteiger partial charge in [0.1, 0.15) is 6.10 Å². The molecular formula is C9H14O. The molecule has 1 nitrogen and oxygen atoms in total. The van der Waals surface area contributed by atoms with Gasteiger partial charge in [-0.1, -0.05) is 25.0 Å². The van der Waals surface area contributed by atoms with Gasteiger partial charge in [-0.05, 0) is 13.8 Å². The molecule has 0 saturated heterocycles. The van der Waals surface area contributed by atoms with Crippen molar-refractivity contribution < 1.29 is 5.11 Å². The summed E-state index contributed by atoms with van der Waals surface area (Å²) < 4.78 is 0. The topological polar surface area (TPSA) is 20.2 Å². The predicted molar refractivity (Wildman–Crippen MR) is 43.4 cm³/mol. The summed E-state index contributed by atoms with van der Waals surface area (Å²) in [6.45, 7) is 5.60. The molecule has 0 rings (SSSR count). The van der Waals surface area contributed by atoms with Crippen molar-refractivity contribution in [1.29, 1.82) is 0 Å².